The maximum Gasteiger partial charge on any atom is 0.0541 e. The number of hydrogen-bond donors (Lipinski definition) is 1. The molecule has 0 fully saturated rings. The van der Waals surface area contributed by atoms with Crippen molar-refractivity contribution in [2.45, 2.75) is 20.8 Å². The van der Waals surface area contributed by atoms with Crippen LogP contribution in [0.1, 0.15) is 23.6 Å². The summed E-state index contributed by atoms with van der Waals surface area (Å²) in [5.74, 6) is 0. The molecule has 9 aromatic rings. The number of benzene rings is 7. The number of rotatable bonds is 4. The normalized spacial score (nSPS) is 11.5. The molecule has 2 heteroatoms. The van der Waals surface area contributed by atoms with Crippen LogP contribution in [0.2, 0.25) is 0 Å². The molecule has 0 aliphatic rings. The fourth-order valence-electron chi connectivity index (χ4n) is 7.12. The van der Waals surface area contributed by atoms with Crippen molar-refractivity contribution < 1.29 is 0 Å². The number of fused-ring (bicyclic) bond motifs is 6. The summed E-state index contributed by atoms with van der Waals surface area (Å²) in [4.78, 5) is 3.63. The molecule has 1 N–H and O–H groups in total. The Bertz CT molecular complexity index is 2600. The molecule has 0 saturated heterocycles. The first-order chi connectivity index (χ1) is 24.1. The minimum absolute atomic E-state index is 1.17. The lowest BCUT2D eigenvalue weighted by Gasteiger charge is -2.10. The van der Waals surface area contributed by atoms with Crippen LogP contribution in [0, 0.1) is 13.8 Å². The van der Waals surface area contributed by atoms with Crippen molar-refractivity contribution in [2.75, 3.05) is 0 Å². The summed E-state index contributed by atoms with van der Waals surface area (Å²) in [6.45, 7) is 6.38. The lowest BCUT2D eigenvalue weighted by molar-refractivity contribution is 1.18. The van der Waals surface area contributed by atoms with Gasteiger partial charge in [0.1, 0.15) is 0 Å². The number of H-pyrrole nitrogens is 1. The highest BCUT2D eigenvalue weighted by molar-refractivity contribution is 6.13. The standard InChI is InChI=1S/C40H30N2.C7H8/c1-3-9-27-16-22-37-40(26(27)2)35-25-30(17-21-36(35)41-37)31-18-23-39-34(24-31)33-12-7-8-13-38(33)42(39)32-19-14-29(15-20-32)28-10-5-4-6-11-28;1-7-5-3-2-4-6-7/h3-25,41H,1-2H3;2-6H,1H3/b9-3-;. The highest BCUT2D eigenvalue weighted by Gasteiger charge is 2.15. The van der Waals surface area contributed by atoms with Crippen LogP contribution in [0.25, 0.3) is 77.6 Å². The third-order valence-corrected chi connectivity index (χ3v) is 9.59. The molecule has 0 radical (unpaired) electrons. The van der Waals surface area contributed by atoms with E-state index in [1.165, 1.54) is 88.2 Å². The van der Waals surface area contributed by atoms with Gasteiger partial charge in [0.2, 0.25) is 0 Å². The molecular weight excluding hydrogens is 593 g/mol. The number of aromatic amines is 1. The second-order valence-electron chi connectivity index (χ2n) is 12.7. The first kappa shape index (κ1) is 30.2. The number of aryl methyl sites for hydroxylation is 2. The topological polar surface area (TPSA) is 20.7 Å². The molecule has 0 bridgehead atoms. The molecule has 2 heterocycles. The van der Waals surface area contributed by atoms with Crippen molar-refractivity contribution in [2.24, 2.45) is 0 Å². The summed E-state index contributed by atoms with van der Waals surface area (Å²) in [6.07, 6.45) is 4.30. The average Bonchev–Trinajstić information content (AvgIpc) is 3.69. The number of nitrogens with zero attached hydrogens (tertiary/aromatic N) is 1. The van der Waals surface area contributed by atoms with Crippen LogP contribution >= 0.6 is 0 Å². The predicted octanol–water partition coefficient (Wildman–Crippen LogP) is 13.1. The van der Waals surface area contributed by atoms with E-state index in [-0.39, 0.29) is 0 Å². The molecule has 0 spiro atoms. The zero-order valence-electron chi connectivity index (χ0n) is 28.1. The summed E-state index contributed by atoms with van der Waals surface area (Å²) in [5, 5.41) is 5.11. The number of aromatic nitrogens is 2. The average molecular weight is 631 g/mol. The summed E-state index contributed by atoms with van der Waals surface area (Å²) >= 11 is 0. The Morgan fingerprint density at radius 3 is 1.80 bits per heavy atom. The first-order valence-corrected chi connectivity index (χ1v) is 17.0. The van der Waals surface area contributed by atoms with Crippen LogP contribution in [0.3, 0.4) is 0 Å². The van der Waals surface area contributed by atoms with E-state index in [9.17, 15) is 0 Å². The summed E-state index contributed by atoms with van der Waals surface area (Å²) in [6, 6.07) is 56.6. The van der Waals surface area contributed by atoms with E-state index in [1.54, 1.807) is 0 Å². The van der Waals surface area contributed by atoms with Gasteiger partial charge in [0.25, 0.3) is 0 Å². The maximum absolute atomic E-state index is 3.63. The molecule has 2 aromatic heterocycles. The molecular formula is C47H38N2. The van der Waals surface area contributed by atoms with Crippen LogP contribution in [0.15, 0.2) is 164 Å². The van der Waals surface area contributed by atoms with Gasteiger partial charge in [-0.3, -0.25) is 0 Å². The second-order valence-corrected chi connectivity index (χ2v) is 12.7. The highest BCUT2D eigenvalue weighted by atomic mass is 15.0. The molecule has 0 saturated carbocycles. The second kappa shape index (κ2) is 12.8. The van der Waals surface area contributed by atoms with E-state index in [4.69, 9.17) is 0 Å². The zero-order valence-corrected chi connectivity index (χ0v) is 28.1. The number of hydrogen-bond acceptors (Lipinski definition) is 0. The quantitative estimate of drug-likeness (QED) is 0.200. The summed E-state index contributed by atoms with van der Waals surface area (Å²) < 4.78 is 2.39. The van der Waals surface area contributed by atoms with E-state index in [2.05, 4.69) is 182 Å². The van der Waals surface area contributed by atoms with E-state index < -0.39 is 0 Å². The van der Waals surface area contributed by atoms with Crippen molar-refractivity contribution in [3.8, 4) is 27.9 Å². The van der Waals surface area contributed by atoms with E-state index >= 15 is 0 Å². The minimum Gasteiger partial charge on any atom is -0.355 e. The van der Waals surface area contributed by atoms with Gasteiger partial charge in [-0.1, -0.05) is 127 Å². The Kier molecular flexibility index (Phi) is 7.91. The third-order valence-electron chi connectivity index (χ3n) is 9.59. The monoisotopic (exact) mass is 630 g/mol. The minimum atomic E-state index is 1.17. The van der Waals surface area contributed by atoms with Crippen LogP contribution in [0.5, 0.6) is 0 Å². The van der Waals surface area contributed by atoms with Crippen molar-refractivity contribution in [3.05, 3.63) is 180 Å². The van der Waals surface area contributed by atoms with Gasteiger partial charge < -0.3 is 9.55 Å². The van der Waals surface area contributed by atoms with Gasteiger partial charge in [-0.15, -0.1) is 0 Å². The van der Waals surface area contributed by atoms with Gasteiger partial charge in [-0.05, 0) is 103 Å². The fourth-order valence-corrected chi connectivity index (χ4v) is 7.12. The molecule has 0 unspecified atom stereocenters. The van der Waals surface area contributed by atoms with Crippen molar-refractivity contribution >= 4 is 49.7 Å². The maximum atomic E-state index is 3.63. The summed E-state index contributed by atoms with van der Waals surface area (Å²) in [5.41, 5.74) is 14.8. The number of para-hydroxylation sites is 1. The van der Waals surface area contributed by atoms with E-state index in [1.807, 2.05) is 18.2 Å². The molecule has 0 amide bonds. The van der Waals surface area contributed by atoms with E-state index in [0.29, 0.717) is 0 Å². The highest BCUT2D eigenvalue weighted by Crippen LogP contribution is 2.38. The van der Waals surface area contributed by atoms with Gasteiger partial charge in [-0.25, -0.2) is 0 Å². The first-order valence-electron chi connectivity index (χ1n) is 17.0. The molecule has 7 aromatic carbocycles. The van der Waals surface area contributed by atoms with Crippen molar-refractivity contribution in [1.29, 1.82) is 0 Å². The van der Waals surface area contributed by atoms with Crippen LogP contribution in [0.4, 0.5) is 0 Å². The molecule has 236 valence electrons. The molecule has 2 nitrogen and oxygen atoms in total. The SMILES string of the molecule is C/C=C\c1ccc2[nH]c3ccc(-c4ccc5c(c4)c4ccccc4n5-c4ccc(-c5ccccc5)cc4)cc3c2c1C.Cc1ccccc1. The fraction of sp³-hybridized carbons (Fsp3) is 0.0638. The molecule has 0 atom stereocenters. The van der Waals surface area contributed by atoms with Crippen LogP contribution in [-0.2, 0) is 0 Å². The Labute approximate surface area is 287 Å². The Morgan fingerprint density at radius 1 is 0.490 bits per heavy atom. The van der Waals surface area contributed by atoms with Crippen LogP contribution in [-0.4, -0.2) is 9.55 Å². The predicted molar refractivity (Wildman–Crippen MR) is 212 cm³/mol. The number of allylic oxidation sites excluding steroid dienone is 1. The smallest absolute Gasteiger partial charge is 0.0541 e. The molecule has 9 rings (SSSR count). The lowest BCUT2D eigenvalue weighted by Crippen LogP contribution is -1.93. The Hall–Kier alpha value is -6.12. The molecule has 0 aliphatic heterocycles. The Morgan fingerprint density at radius 2 is 1.08 bits per heavy atom. The van der Waals surface area contributed by atoms with E-state index in [0.717, 1.165) is 0 Å². The van der Waals surface area contributed by atoms with Gasteiger partial charge >= 0.3 is 0 Å². The largest absolute Gasteiger partial charge is 0.355 e. The van der Waals surface area contributed by atoms with Gasteiger partial charge in [0.05, 0.1) is 11.0 Å². The summed E-state index contributed by atoms with van der Waals surface area (Å²) in [7, 11) is 0. The third kappa shape index (κ3) is 5.62. The van der Waals surface area contributed by atoms with Crippen molar-refractivity contribution in [1.82, 2.24) is 9.55 Å². The zero-order chi connectivity index (χ0) is 33.3. The van der Waals surface area contributed by atoms with Gasteiger partial charge in [-0.2, -0.15) is 0 Å². The lowest BCUT2D eigenvalue weighted by atomic mass is 9.98. The van der Waals surface area contributed by atoms with Crippen LogP contribution < -0.4 is 0 Å². The number of nitrogens with one attached hydrogen (secondary N) is 1. The molecule has 0 aliphatic carbocycles. The molecule has 49 heavy (non-hydrogen) atoms. The van der Waals surface area contributed by atoms with Gasteiger partial charge in [0, 0.05) is 38.3 Å². The van der Waals surface area contributed by atoms with Crippen molar-refractivity contribution in [3.63, 3.8) is 0 Å². The van der Waals surface area contributed by atoms with Gasteiger partial charge in [0.15, 0.2) is 0 Å². The Balaban J connectivity index is 0.000000446.